The van der Waals surface area contributed by atoms with Crippen molar-refractivity contribution in [2.75, 3.05) is 13.7 Å². The monoisotopic (exact) mass is 415 g/mol. The highest BCUT2D eigenvalue weighted by atomic mass is 35.5. The normalized spacial score (nSPS) is 15.2. The van der Waals surface area contributed by atoms with Gasteiger partial charge < -0.3 is 9.47 Å². The van der Waals surface area contributed by atoms with Gasteiger partial charge >= 0.3 is 0 Å². The van der Waals surface area contributed by atoms with Gasteiger partial charge in [0, 0.05) is 17.1 Å². The van der Waals surface area contributed by atoms with Gasteiger partial charge in [-0.2, -0.15) is 0 Å². The van der Waals surface area contributed by atoms with Crippen LogP contribution >= 0.6 is 23.4 Å². The summed E-state index contributed by atoms with van der Waals surface area (Å²) in [5, 5.41) is 0.330. The lowest BCUT2D eigenvalue weighted by Crippen LogP contribution is -2.27. The second-order valence-corrected chi connectivity index (χ2v) is 7.27. The Kier molecular flexibility index (Phi) is 6.44. The van der Waals surface area contributed by atoms with E-state index in [-0.39, 0.29) is 17.7 Å². The lowest BCUT2D eigenvalue weighted by atomic mass is 10.1. The average Bonchev–Trinajstić information content (AvgIpc) is 2.95. The SMILES string of the molecule is C=CCN1C(=O)S/C(=C/c2ccc(OCc3ccccc3Cl)c(OC)c2)C1=O. The summed E-state index contributed by atoms with van der Waals surface area (Å²) >= 11 is 7.06. The molecule has 0 radical (unpaired) electrons. The van der Waals surface area contributed by atoms with E-state index in [0.29, 0.717) is 28.0 Å². The van der Waals surface area contributed by atoms with Crippen molar-refractivity contribution in [3.05, 3.63) is 76.2 Å². The third-order valence-electron chi connectivity index (χ3n) is 4.01. The van der Waals surface area contributed by atoms with Gasteiger partial charge in [-0.1, -0.05) is 41.9 Å². The number of hydrogen-bond donors (Lipinski definition) is 0. The van der Waals surface area contributed by atoms with Crippen molar-refractivity contribution in [3.63, 3.8) is 0 Å². The molecule has 5 nitrogen and oxygen atoms in total. The van der Waals surface area contributed by atoms with Gasteiger partial charge in [0.2, 0.25) is 0 Å². The van der Waals surface area contributed by atoms with E-state index >= 15 is 0 Å². The molecule has 0 spiro atoms. The maximum Gasteiger partial charge on any atom is 0.293 e. The Morgan fingerprint density at radius 2 is 1.96 bits per heavy atom. The van der Waals surface area contributed by atoms with E-state index in [1.54, 1.807) is 37.5 Å². The van der Waals surface area contributed by atoms with Crippen LogP contribution < -0.4 is 9.47 Å². The molecule has 0 atom stereocenters. The first kappa shape index (κ1) is 20.0. The molecule has 1 saturated heterocycles. The minimum Gasteiger partial charge on any atom is -0.493 e. The fourth-order valence-electron chi connectivity index (χ4n) is 2.60. The third-order valence-corrected chi connectivity index (χ3v) is 5.29. The summed E-state index contributed by atoms with van der Waals surface area (Å²) in [6.07, 6.45) is 3.18. The van der Waals surface area contributed by atoms with Crippen molar-refractivity contribution in [2.24, 2.45) is 0 Å². The molecule has 1 heterocycles. The van der Waals surface area contributed by atoms with Gasteiger partial charge in [0.15, 0.2) is 11.5 Å². The molecule has 1 aliphatic heterocycles. The molecule has 0 aliphatic carbocycles. The topological polar surface area (TPSA) is 55.8 Å². The second-order valence-electron chi connectivity index (χ2n) is 5.87. The molecule has 1 fully saturated rings. The number of carbonyl (C=O) groups excluding carboxylic acids is 2. The maximum absolute atomic E-state index is 12.3. The highest BCUT2D eigenvalue weighted by molar-refractivity contribution is 8.18. The van der Waals surface area contributed by atoms with E-state index < -0.39 is 0 Å². The van der Waals surface area contributed by atoms with Crippen LogP contribution in [0, 0.1) is 0 Å². The van der Waals surface area contributed by atoms with Crippen LogP contribution in [-0.2, 0) is 11.4 Å². The Bertz CT molecular complexity index is 957. The zero-order valence-corrected chi connectivity index (χ0v) is 16.8. The van der Waals surface area contributed by atoms with Crippen LogP contribution in [0.3, 0.4) is 0 Å². The first-order valence-electron chi connectivity index (χ1n) is 8.44. The number of halogens is 1. The van der Waals surface area contributed by atoms with Gasteiger partial charge in [0.25, 0.3) is 11.1 Å². The van der Waals surface area contributed by atoms with Crippen LogP contribution in [0.25, 0.3) is 6.08 Å². The van der Waals surface area contributed by atoms with E-state index in [2.05, 4.69) is 6.58 Å². The Hall–Kier alpha value is -2.70. The molecule has 0 unspecified atom stereocenters. The number of methoxy groups -OCH3 is 1. The number of imide groups is 1. The van der Waals surface area contributed by atoms with E-state index in [1.807, 2.05) is 18.2 Å². The van der Waals surface area contributed by atoms with Gasteiger partial charge in [0.1, 0.15) is 6.61 Å². The third kappa shape index (κ3) is 4.40. The summed E-state index contributed by atoms with van der Waals surface area (Å²) in [5.74, 6) is 0.748. The van der Waals surface area contributed by atoms with Crippen molar-refractivity contribution in [1.29, 1.82) is 0 Å². The van der Waals surface area contributed by atoms with Crippen molar-refractivity contribution < 1.29 is 19.1 Å². The van der Waals surface area contributed by atoms with Crippen LogP contribution in [0.15, 0.2) is 60.0 Å². The lowest BCUT2D eigenvalue weighted by Gasteiger charge is -2.12. The maximum atomic E-state index is 12.3. The van der Waals surface area contributed by atoms with E-state index in [4.69, 9.17) is 21.1 Å². The summed E-state index contributed by atoms with van der Waals surface area (Å²) in [6.45, 7) is 4.06. The standard InChI is InChI=1S/C21H18ClNO4S/c1-3-10-23-20(24)19(28-21(23)25)12-14-8-9-17(18(11-14)26-2)27-13-15-6-4-5-7-16(15)22/h3-9,11-12H,1,10,13H2,2H3/b19-12+. The zero-order chi connectivity index (χ0) is 20.1. The molecule has 2 amide bonds. The summed E-state index contributed by atoms with van der Waals surface area (Å²) in [6, 6.07) is 12.8. The summed E-state index contributed by atoms with van der Waals surface area (Å²) < 4.78 is 11.2. The van der Waals surface area contributed by atoms with Gasteiger partial charge in [-0.3, -0.25) is 14.5 Å². The van der Waals surface area contributed by atoms with Crippen molar-refractivity contribution in [3.8, 4) is 11.5 Å². The van der Waals surface area contributed by atoms with Crippen LogP contribution in [0.5, 0.6) is 11.5 Å². The first-order valence-corrected chi connectivity index (χ1v) is 9.63. The van der Waals surface area contributed by atoms with E-state index in [9.17, 15) is 9.59 Å². The average molecular weight is 416 g/mol. The Morgan fingerprint density at radius 1 is 1.18 bits per heavy atom. The Labute approximate surface area is 172 Å². The van der Waals surface area contributed by atoms with Crippen LogP contribution in [0.1, 0.15) is 11.1 Å². The summed E-state index contributed by atoms with van der Waals surface area (Å²) in [7, 11) is 1.54. The Balaban J connectivity index is 1.78. The minimum atomic E-state index is -0.326. The molecular weight excluding hydrogens is 398 g/mol. The van der Waals surface area contributed by atoms with Crippen molar-refractivity contribution in [1.82, 2.24) is 4.90 Å². The molecule has 0 aromatic heterocycles. The van der Waals surface area contributed by atoms with Gasteiger partial charge in [-0.05, 0) is 41.6 Å². The number of amides is 2. The molecule has 28 heavy (non-hydrogen) atoms. The van der Waals surface area contributed by atoms with Crippen molar-refractivity contribution >= 4 is 40.6 Å². The molecule has 2 aromatic carbocycles. The lowest BCUT2D eigenvalue weighted by molar-refractivity contribution is -0.122. The van der Waals surface area contributed by atoms with Crippen molar-refractivity contribution in [2.45, 2.75) is 6.61 Å². The van der Waals surface area contributed by atoms with Crippen LogP contribution in [-0.4, -0.2) is 29.7 Å². The molecule has 0 N–H and O–H groups in total. The van der Waals surface area contributed by atoms with E-state index in [0.717, 1.165) is 27.8 Å². The van der Waals surface area contributed by atoms with Gasteiger partial charge in [-0.15, -0.1) is 6.58 Å². The van der Waals surface area contributed by atoms with Crippen LogP contribution in [0.4, 0.5) is 4.79 Å². The molecule has 2 aromatic rings. The molecule has 0 saturated carbocycles. The molecule has 7 heteroatoms. The van der Waals surface area contributed by atoms with Gasteiger partial charge in [0.05, 0.1) is 12.0 Å². The number of hydrogen-bond acceptors (Lipinski definition) is 5. The van der Waals surface area contributed by atoms with E-state index in [1.165, 1.54) is 6.08 Å². The minimum absolute atomic E-state index is 0.195. The molecule has 3 rings (SSSR count). The smallest absolute Gasteiger partial charge is 0.293 e. The summed E-state index contributed by atoms with van der Waals surface area (Å²) in [4.78, 5) is 25.8. The molecular formula is C21H18ClNO4S. The fraction of sp³-hybridized carbons (Fsp3) is 0.143. The van der Waals surface area contributed by atoms with Gasteiger partial charge in [-0.25, -0.2) is 0 Å². The number of thioether (sulfide) groups is 1. The molecule has 144 valence electrons. The first-order chi connectivity index (χ1) is 13.5. The van der Waals surface area contributed by atoms with Crippen LogP contribution in [0.2, 0.25) is 5.02 Å². The predicted octanol–water partition coefficient (Wildman–Crippen LogP) is 5.15. The predicted molar refractivity (Wildman–Crippen MR) is 112 cm³/mol. The Morgan fingerprint density at radius 3 is 2.68 bits per heavy atom. The highest BCUT2D eigenvalue weighted by Gasteiger charge is 2.34. The zero-order valence-electron chi connectivity index (χ0n) is 15.2. The number of benzene rings is 2. The summed E-state index contributed by atoms with van der Waals surface area (Å²) in [5.41, 5.74) is 1.59. The number of nitrogens with zero attached hydrogens (tertiary/aromatic N) is 1. The highest BCUT2D eigenvalue weighted by Crippen LogP contribution is 2.34. The number of ether oxygens (including phenoxy) is 2. The quantitative estimate of drug-likeness (QED) is 0.462. The number of rotatable bonds is 7. The molecule has 1 aliphatic rings. The fourth-order valence-corrected chi connectivity index (χ4v) is 3.64. The second kappa shape index (κ2) is 8.99. The molecule has 0 bridgehead atoms. The largest absolute Gasteiger partial charge is 0.493 e. The number of carbonyl (C=O) groups is 2.